The molecule has 0 saturated heterocycles. The first-order valence-electron chi connectivity index (χ1n) is 9.49. The van der Waals surface area contributed by atoms with Gasteiger partial charge in [-0.2, -0.15) is 4.98 Å². The van der Waals surface area contributed by atoms with Crippen LogP contribution in [0.3, 0.4) is 0 Å². The van der Waals surface area contributed by atoms with Gasteiger partial charge in [-0.3, -0.25) is 4.79 Å². The molecule has 150 valence electrons. The maximum absolute atomic E-state index is 12.8. The topological polar surface area (TPSA) is 102 Å². The highest BCUT2D eigenvalue weighted by Gasteiger charge is 2.30. The highest BCUT2D eigenvalue weighted by molar-refractivity contribution is 7.92. The molecule has 0 unspecified atom stereocenters. The number of aromatic nitrogens is 2. The Bertz CT molecular complexity index is 1130. The largest absolute Gasteiger partial charge is 0.334 e. The maximum atomic E-state index is 12.8. The number of benzene rings is 2. The number of amides is 1. The number of hydrogen-bond acceptors (Lipinski definition) is 6. The molecule has 1 N–H and O–H groups in total. The van der Waals surface area contributed by atoms with Crippen molar-refractivity contribution in [3.63, 3.8) is 0 Å². The predicted molar refractivity (Wildman–Crippen MR) is 108 cm³/mol. The van der Waals surface area contributed by atoms with Gasteiger partial charge in [-0.15, -0.1) is 0 Å². The molecule has 1 aromatic heterocycles. The van der Waals surface area contributed by atoms with E-state index in [1.807, 2.05) is 0 Å². The molecule has 1 saturated carbocycles. The lowest BCUT2D eigenvalue weighted by Gasteiger charge is -2.12. The molecule has 0 radical (unpaired) electrons. The molecule has 8 heteroatoms. The second-order valence-electron chi connectivity index (χ2n) is 7.16. The van der Waals surface area contributed by atoms with Crippen LogP contribution in [0.5, 0.6) is 0 Å². The second kappa shape index (κ2) is 7.79. The van der Waals surface area contributed by atoms with Gasteiger partial charge in [0.05, 0.1) is 10.1 Å². The van der Waals surface area contributed by atoms with Gasteiger partial charge < -0.3 is 9.84 Å². The number of carbonyl (C=O) groups is 1. The van der Waals surface area contributed by atoms with E-state index >= 15 is 0 Å². The summed E-state index contributed by atoms with van der Waals surface area (Å²) in [5.74, 6) is 0.599. The molecule has 2 aromatic carbocycles. The molecule has 0 atom stereocenters. The van der Waals surface area contributed by atoms with Gasteiger partial charge >= 0.3 is 0 Å². The van der Waals surface area contributed by atoms with Crippen molar-refractivity contribution in [2.45, 2.75) is 42.8 Å². The molecule has 29 heavy (non-hydrogen) atoms. The summed E-state index contributed by atoms with van der Waals surface area (Å²) in [6.07, 6.45) is 3.29. The minimum atomic E-state index is -3.37. The smallest absolute Gasteiger partial charge is 0.257 e. The zero-order valence-electron chi connectivity index (χ0n) is 16.0. The van der Waals surface area contributed by atoms with Gasteiger partial charge in [0.2, 0.25) is 0 Å². The van der Waals surface area contributed by atoms with E-state index < -0.39 is 9.84 Å². The van der Waals surface area contributed by atoms with Crippen molar-refractivity contribution in [1.82, 2.24) is 10.1 Å². The first-order valence-corrected chi connectivity index (χ1v) is 11.0. The van der Waals surface area contributed by atoms with Crippen LogP contribution in [0.25, 0.3) is 11.5 Å². The lowest BCUT2D eigenvalue weighted by atomic mass is 10.1. The standard InChI is InChI=1S/C21H21N3O4S/c1-14-22-21(28-24-14)16-11-9-15(10-12-16)20(25)23-17-5-4-8-19(13-17)29(26,27)18-6-2-3-7-18/h4-5,8-13,18H,2-3,6-7H2,1H3,(H,23,25). The molecule has 0 aliphatic heterocycles. The summed E-state index contributed by atoms with van der Waals surface area (Å²) in [4.78, 5) is 17.0. The minimum absolute atomic E-state index is 0.254. The quantitative estimate of drug-likeness (QED) is 0.680. The van der Waals surface area contributed by atoms with Crippen LogP contribution >= 0.6 is 0 Å². The van der Waals surface area contributed by atoms with Gasteiger partial charge in [0.1, 0.15) is 0 Å². The van der Waals surface area contributed by atoms with E-state index in [9.17, 15) is 13.2 Å². The molecule has 4 rings (SSSR count). The average Bonchev–Trinajstić information content (AvgIpc) is 3.41. The van der Waals surface area contributed by atoms with E-state index in [-0.39, 0.29) is 16.1 Å². The second-order valence-corrected chi connectivity index (χ2v) is 9.39. The Morgan fingerprint density at radius 1 is 1.10 bits per heavy atom. The lowest BCUT2D eigenvalue weighted by molar-refractivity contribution is 0.102. The number of anilines is 1. The van der Waals surface area contributed by atoms with Crippen LogP contribution in [0.2, 0.25) is 0 Å². The highest BCUT2D eigenvalue weighted by Crippen LogP contribution is 2.30. The number of nitrogens with zero attached hydrogens (tertiary/aromatic N) is 2. The van der Waals surface area contributed by atoms with Crippen molar-refractivity contribution in [2.24, 2.45) is 0 Å². The number of carbonyl (C=O) groups excluding carboxylic acids is 1. The van der Waals surface area contributed by atoms with Crippen LogP contribution in [-0.2, 0) is 9.84 Å². The van der Waals surface area contributed by atoms with E-state index in [4.69, 9.17) is 4.52 Å². The molecule has 1 fully saturated rings. The number of rotatable bonds is 5. The van der Waals surface area contributed by atoms with Crippen molar-refractivity contribution < 1.29 is 17.7 Å². The van der Waals surface area contributed by atoms with E-state index in [1.54, 1.807) is 49.4 Å². The van der Waals surface area contributed by atoms with Gasteiger partial charge in [-0.05, 0) is 62.2 Å². The maximum Gasteiger partial charge on any atom is 0.257 e. The van der Waals surface area contributed by atoms with Gasteiger partial charge in [-0.1, -0.05) is 24.1 Å². The average molecular weight is 411 g/mol. The summed E-state index contributed by atoms with van der Waals surface area (Å²) in [6.45, 7) is 1.73. The third-order valence-corrected chi connectivity index (χ3v) is 7.34. The first kappa shape index (κ1) is 19.3. The Balaban J connectivity index is 1.50. The van der Waals surface area contributed by atoms with E-state index in [2.05, 4.69) is 15.5 Å². The van der Waals surface area contributed by atoms with Gasteiger partial charge in [0, 0.05) is 16.8 Å². The molecule has 1 amide bonds. The fraction of sp³-hybridized carbons (Fsp3) is 0.286. The van der Waals surface area contributed by atoms with E-state index in [0.29, 0.717) is 41.4 Å². The third-order valence-electron chi connectivity index (χ3n) is 5.08. The normalized spacial score (nSPS) is 14.8. The predicted octanol–water partition coefficient (Wildman–Crippen LogP) is 4.01. The Hall–Kier alpha value is -3.00. The van der Waals surface area contributed by atoms with E-state index in [0.717, 1.165) is 12.8 Å². The zero-order chi connectivity index (χ0) is 20.4. The first-order chi connectivity index (χ1) is 13.9. The van der Waals surface area contributed by atoms with Crippen LogP contribution in [0.4, 0.5) is 5.69 Å². The summed E-state index contributed by atoms with van der Waals surface area (Å²) in [6, 6.07) is 13.2. The molecular weight excluding hydrogens is 390 g/mol. The molecule has 3 aromatic rings. The molecule has 1 heterocycles. The molecular formula is C21H21N3O4S. The van der Waals surface area contributed by atoms with Crippen LogP contribution in [0.15, 0.2) is 57.9 Å². The van der Waals surface area contributed by atoms with Crippen molar-refractivity contribution >= 4 is 21.4 Å². The van der Waals surface area contributed by atoms with Crippen molar-refractivity contribution in [1.29, 1.82) is 0 Å². The van der Waals surface area contributed by atoms with Gasteiger partial charge in [-0.25, -0.2) is 8.42 Å². The SMILES string of the molecule is Cc1noc(-c2ccc(C(=O)Nc3cccc(S(=O)(=O)C4CCCC4)c3)cc2)n1. The molecule has 1 aliphatic rings. The van der Waals surface area contributed by atoms with Crippen LogP contribution < -0.4 is 5.32 Å². The Labute approximate surface area is 169 Å². The number of aryl methyl sites for hydroxylation is 1. The van der Waals surface area contributed by atoms with Gasteiger partial charge in [0.25, 0.3) is 11.8 Å². The van der Waals surface area contributed by atoms with Crippen molar-refractivity contribution in [3.05, 3.63) is 59.9 Å². The zero-order valence-corrected chi connectivity index (χ0v) is 16.8. The highest BCUT2D eigenvalue weighted by atomic mass is 32.2. The summed E-state index contributed by atoms with van der Waals surface area (Å²) in [7, 11) is -3.37. The van der Waals surface area contributed by atoms with Gasteiger partial charge in [0.15, 0.2) is 15.7 Å². The fourth-order valence-corrected chi connectivity index (χ4v) is 5.42. The summed E-state index contributed by atoms with van der Waals surface area (Å²) in [5.41, 5.74) is 1.60. The number of sulfone groups is 1. The molecule has 7 nitrogen and oxygen atoms in total. The molecule has 1 aliphatic carbocycles. The minimum Gasteiger partial charge on any atom is -0.334 e. The molecule has 0 spiro atoms. The number of hydrogen-bond donors (Lipinski definition) is 1. The van der Waals surface area contributed by atoms with Crippen LogP contribution in [0.1, 0.15) is 41.9 Å². The fourth-order valence-electron chi connectivity index (χ4n) is 3.52. The monoisotopic (exact) mass is 411 g/mol. The summed E-state index contributed by atoms with van der Waals surface area (Å²) >= 11 is 0. The van der Waals surface area contributed by atoms with Crippen molar-refractivity contribution in [2.75, 3.05) is 5.32 Å². The summed E-state index contributed by atoms with van der Waals surface area (Å²) < 4.78 is 30.7. The lowest BCUT2D eigenvalue weighted by Crippen LogP contribution is -2.18. The third kappa shape index (κ3) is 4.07. The Kier molecular flexibility index (Phi) is 5.19. The van der Waals surface area contributed by atoms with Crippen LogP contribution in [-0.4, -0.2) is 29.7 Å². The molecule has 0 bridgehead atoms. The Morgan fingerprint density at radius 3 is 2.48 bits per heavy atom. The van der Waals surface area contributed by atoms with Crippen molar-refractivity contribution in [3.8, 4) is 11.5 Å². The van der Waals surface area contributed by atoms with E-state index in [1.165, 1.54) is 6.07 Å². The Morgan fingerprint density at radius 2 is 1.83 bits per heavy atom. The summed E-state index contributed by atoms with van der Waals surface area (Å²) in [5, 5.41) is 6.19. The van der Waals surface area contributed by atoms with Crippen LogP contribution in [0, 0.1) is 6.92 Å². The number of nitrogens with one attached hydrogen (secondary N) is 1.